The molecule has 5 heteroatoms. The van der Waals surface area contributed by atoms with Crippen molar-refractivity contribution < 1.29 is 0 Å². The first-order valence-electron chi connectivity index (χ1n) is 8.34. The number of benzene rings is 3. The molecule has 0 aromatic heterocycles. The summed E-state index contributed by atoms with van der Waals surface area (Å²) in [6, 6.07) is 24.1. The van der Waals surface area contributed by atoms with Crippen molar-refractivity contribution in [2.24, 2.45) is 0 Å². The highest BCUT2D eigenvalue weighted by Crippen LogP contribution is 2.34. The Morgan fingerprint density at radius 2 is 1.50 bits per heavy atom. The molecule has 0 heterocycles. The maximum Gasteiger partial charge on any atom is 0.175 e. The molecule has 0 spiro atoms. The largest absolute Gasteiger partial charge is 0.332 e. The minimum absolute atomic E-state index is 0.579. The Bertz CT molecular complexity index is 895. The van der Waals surface area contributed by atoms with E-state index in [0.717, 1.165) is 32.6 Å². The zero-order chi connectivity index (χ0) is 18.4. The van der Waals surface area contributed by atoms with E-state index in [9.17, 15) is 0 Å². The molecule has 0 amide bonds. The average molecular weight is 399 g/mol. The van der Waals surface area contributed by atoms with Crippen LogP contribution in [0.4, 0.5) is 11.4 Å². The summed E-state index contributed by atoms with van der Waals surface area (Å²) in [7, 11) is 0. The van der Waals surface area contributed by atoms with Crippen LogP contribution in [-0.4, -0.2) is 5.11 Å². The first-order chi connectivity index (χ1) is 12.7. The molecule has 0 aliphatic rings. The van der Waals surface area contributed by atoms with Crippen LogP contribution in [0.15, 0.2) is 82.6 Å². The lowest BCUT2D eigenvalue weighted by atomic mass is 10.1. The Hall–Kier alpha value is -2.01. The van der Waals surface area contributed by atoms with Crippen molar-refractivity contribution in [3.63, 3.8) is 0 Å². The molecule has 0 unspecified atom stereocenters. The first-order valence-corrected chi connectivity index (χ1v) is 9.94. The van der Waals surface area contributed by atoms with Crippen molar-refractivity contribution in [1.82, 2.24) is 0 Å². The molecule has 3 aromatic carbocycles. The Labute approximate surface area is 169 Å². The number of hydrogen-bond acceptors (Lipinski definition) is 2. The van der Waals surface area contributed by atoms with Gasteiger partial charge in [-0.2, -0.15) is 0 Å². The second-order valence-corrected chi connectivity index (χ2v) is 7.60. The van der Waals surface area contributed by atoms with Gasteiger partial charge >= 0.3 is 0 Å². The molecule has 0 aliphatic heterocycles. The van der Waals surface area contributed by atoms with Crippen LogP contribution in [0.2, 0.25) is 5.02 Å². The zero-order valence-electron chi connectivity index (χ0n) is 14.3. The van der Waals surface area contributed by atoms with Gasteiger partial charge in [0, 0.05) is 20.5 Å². The van der Waals surface area contributed by atoms with Gasteiger partial charge in [0.1, 0.15) is 0 Å². The maximum atomic E-state index is 5.97. The molecule has 0 radical (unpaired) electrons. The number of rotatable bonds is 5. The predicted molar refractivity (Wildman–Crippen MR) is 118 cm³/mol. The van der Waals surface area contributed by atoms with Crippen LogP contribution in [0, 0.1) is 0 Å². The highest BCUT2D eigenvalue weighted by molar-refractivity contribution is 7.99. The molecule has 2 nitrogen and oxygen atoms in total. The van der Waals surface area contributed by atoms with Gasteiger partial charge in [-0.05, 0) is 66.7 Å². The first kappa shape index (κ1) is 18.8. The Kier molecular flexibility index (Phi) is 6.56. The van der Waals surface area contributed by atoms with Crippen LogP contribution in [0.1, 0.15) is 12.5 Å². The summed E-state index contributed by atoms with van der Waals surface area (Å²) in [5.74, 6) is 0. The second kappa shape index (κ2) is 9.08. The van der Waals surface area contributed by atoms with E-state index in [4.69, 9.17) is 23.8 Å². The van der Waals surface area contributed by atoms with Crippen LogP contribution in [0.25, 0.3) is 0 Å². The molecule has 0 saturated heterocycles. The van der Waals surface area contributed by atoms with Gasteiger partial charge < -0.3 is 10.6 Å². The van der Waals surface area contributed by atoms with Gasteiger partial charge in [-0.3, -0.25) is 0 Å². The third-order valence-electron chi connectivity index (χ3n) is 3.82. The van der Waals surface area contributed by atoms with E-state index < -0.39 is 0 Å². The SMILES string of the molecule is CCc1ccccc1NC(=S)Nc1ccccc1Sc1ccc(Cl)cc1. The topological polar surface area (TPSA) is 24.1 Å². The number of nitrogens with one attached hydrogen (secondary N) is 2. The molecule has 132 valence electrons. The van der Waals surface area contributed by atoms with Crippen molar-refractivity contribution in [1.29, 1.82) is 0 Å². The molecule has 0 saturated carbocycles. The minimum Gasteiger partial charge on any atom is -0.332 e. The van der Waals surface area contributed by atoms with Crippen molar-refractivity contribution >= 4 is 52.1 Å². The van der Waals surface area contributed by atoms with Crippen LogP contribution >= 0.6 is 35.6 Å². The van der Waals surface area contributed by atoms with E-state index in [1.165, 1.54) is 5.56 Å². The monoisotopic (exact) mass is 398 g/mol. The molecule has 0 atom stereocenters. The molecule has 3 aromatic rings. The highest BCUT2D eigenvalue weighted by Gasteiger charge is 2.07. The van der Waals surface area contributed by atoms with Gasteiger partial charge in [-0.25, -0.2) is 0 Å². The van der Waals surface area contributed by atoms with E-state index in [2.05, 4.69) is 29.7 Å². The maximum absolute atomic E-state index is 5.97. The fraction of sp³-hybridized carbons (Fsp3) is 0.0952. The Morgan fingerprint density at radius 1 is 0.885 bits per heavy atom. The predicted octanol–water partition coefficient (Wildman–Crippen LogP) is 6.86. The van der Waals surface area contributed by atoms with Crippen LogP contribution < -0.4 is 10.6 Å². The summed E-state index contributed by atoms with van der Waals surface area (Å²) in [4.78, 5) is 2.22. The number of anilines is 2. The highest BCUT2D eigenvalue weighted by atomic mass is 35.5. The summed E-state index contributed by atoms with van der Waals surface area (Å²) in [5.41, 5.74) is 3.25. The third-order valence-corrected chi connectivity index (χ3v) is 5.36. The number of halogens is 1. The fourth-order valence-corrected chi connectivity index (χ4v) is 3.76. The summed E-state index contributed by atoms with van der Waals surface area (Å²) < 4.78 is 0. The summed E-state index contributed by atoms with van der Waals surface area (Å²) in [6.45, 7) is 2.13. The zero-order valence-corrected chi connectivity index (χ0v) is 16.7. The quantitative estimate of drug-likeness (QED) is 0.458. The second-order valence-electron chi connectivity index (χ2n) is 5.64. The van der Waals surface area contributed by atoms with Crippen LogP contribution in [0.3, 0.4) is 0 Å². The minimum atomic E-state index is 0.579. The van der Waals surface area contributed by atoms with Gasteiger partial charge in [0.05, 0.1) is 5.69 Å². The van der Waals surface area contributed by atoms with E-state index in [0.29, 0.717) is 5.11 Å². The Balaban J connectivity index is 1.73. The van der Waals surface area contributed by atoms with Gasteiger partial charge in [-0.1, -0.05) is 60.6 Å². The fourth-order valence-electron chi connectivity index (χ4n) is 2.51. The summed E-state index contributed by atoms with van der Waals surface area (Å²) >= 11 is 13.2. The van der Waals surface area contributed by atoms with E-state index in [1.807, 2.05) is 60.7 Å². The number of hydrogen-bond donors (Lipinski definition) is 2. The van der Waals surface area contributed by atoms with Crippen molar-refractivity contribution in [2.75, 3.05) is 10.6 Å². The number of aryl methyl sites for hydroxylation is 1. The molecule has 26 heavy (non-hydrogen) atoms. The molecule has 0 fully saturated rings. The van der Waals surface area contributed by atoms with Crippen molar-refractivity contribution in [3.05, 3.63) is 83.4 Å². The Morgan fingerprint density at radius 3 is 2.23 bits per heavy atom. The molecule has 2 N–H and O–H groups in total. The van der Waals surface area contributed by atoms with Crippen molar-refractivity contribution in [3.8, 4) is 0 Å². The summed E-state index contributed by atoms with van der Waals surface area (Å²) in [6.07, 6.45) is 0.953. The van der Waals surface area contributed by atoms with Gasteiger partial charge in [0.15, 0.2) is 5.11 Å². The lowest BCUT2D eigenvalue weighted by Gasteiger charge is -2.15. The standard InChI is InChI=1S/C21H19ClN2S2/c1-2-15-7-3-4-8-18(15)23-21(25)24-19-9-5-6-10-20(19)26-17-13-11-16(22)12-14-17/h3-14H,2H2,1H3,(H2,23,24,25). The van der Waals surface area contributed by atoms with E-state index in [1.54, 1.807) is 11.8 Å². The molecule has 3 rings (SSSR count). The lowest BCUT2D eigenvalue weighted by Crippen LogP contribution is -2.20. The summed E-state index contributed by atoms with van der Waals surface area (Å²) in [5, 5.41) is 7.93. The van der Waals surface area contributed by atoms with E-state index >= 15 is 0 Å². The van der Waals surface area contributed by atoms with Gasteiger partial charge in [-0.15, -0.1) is 0 Å². The normalized spacial score (nSPS) is 10.4. The van der Waals surface area contributed by atoms with Crippen molar-refractivity contribution in [2.45, 2.75) is 23.1 Å². The average Bonchev–Trinajstić information content (AvgIpc) is 2.65. The molecular weight excluding hydrogens is 380 g/mol. The lowest BCUT2D eigenvalue weighted by molar-refractivity contribution is 1.14. The van der Waals surface area contributed by atoms with Crippen LogP contribution in [0.5, 0.6) is 0 Å². The number of para-hydroxylation sites is 2. The molecule has 0 bridgehead atoms. The smallest absolute Gasteiger partial charge is 0.175 e. The van der Waals surface area contributed by atoms with Crippen LogP contribution in [-0.2, 0) is 6.42 Å². The molecular formula is C21H19ClN2S2. The van der Waals surface area contributed by atoms with E-state index in [-0.39, 0.29) is 0 Å². The van der Waals surface area contributed by atoms with Gasteiger partial charge in [0.2, 0.25) is 0 Å². The molecule has 0 aliphatic carbocycles. The third kappa shape index (κ3) is 5.01. The number of thiocarbonyl (C=S) groups is 1. The van der Waals surface area contributed by atoms with Gasteiger partial charge in [0.25, 0.3) is 0 Å².